The fourth-order valence-corrected chi connectivity index (χ4v) is 3.55. The number of carbonyl (C=O) groups excluding carboxylic acids is 3. The van der Waals surface area contributed by atoms with Gasteiger partial charge >= 0.3 is 6.09 Å². The Bertz CT molecular complexity index is 813. The quantitative estimate of drug-likeness (QED) is 0.583. The molecule has 0 aliphatic carbocycles. The molecule has 1 saturated heterocycles. The molecule has 1 aliphatic rings. The zero-order valence-electron chi connectivity index (χ0n) is 20.4. The summed E-state index contributed by atoms with van der Waals surface area (Å²) in [5, 5.41) is 5.55. The Labute approximate surface area is 196 Å². The number of methoxy groups -OCH3 is 1. The Balaban J connectivity index is 1.70. The highest BCUT2D eigenvalue weighted by Gasteiger charge is 2.24. The highest BCUT2D eigenvalue weighted by atomic mass is 16.6. The number of rotatable bonds is 9. The molecule has 1 fully saturated rings. The average Bonchev–Trinajstić information content (AvgIpc) is 2.76. The molecule has 1 heterocycles. The van der Waals surface area contributed by atoms with Gasteiger partial charge in [-0.2, -0.15) is 0 Å². The van der Waals surface area contributed by atoms with Gasteiger partial charge in [-0.1, -0.05) is 6.07 Å². The van der Waals surface area contributed by atoms with Gasteiger partial charge in [0.2, 0.25) is 11.8 Å². The zero-order valence-corrected chi connectivity index (χ0v) is 20.4. The minimum atomic E-state index is -0.608. The number of hydrogen-bond donors (Lipinski definition) is 2. The lowest BCUT2D eigenvalue weighted by Crippen LogP contribution is -2.49. The Morgan fingerprint density at radius 1 is 1.12 bits per heavy atom. The van der Waals surface area contributed by atoms with Gasteiger partial charge in [-0.05, 0) is 64.7 Å². The Hall–Kier alpha value is -2.97. The lowest BCUT2D eigenvalue weighted by atomic mass is 10.0. The van der Waals surface area contributed by atoms with Crippen LogP contribution in [-0.4, -0.2) is 67.8 Å². The Kier molecular flexibility index (Phi) is 9.81. The standard InChI is InChI=1S/C24H37N3O6/c1-6-32-19-9-7-17(15-20(19)31-5)8-10-21(28)26-18-11-13-27(14-12-18)22(29)16-25-23(30)33-24(2,3)4/h7,9,15,18H,6,8,10-14,16H2,1-5H3,(H,25,30)(H,26,28). The molecular formula is C24H37N3O6. The molecule has 2 N–H and O–H groups in total. The van der Waals surface area contributed by atoms with Crippen molar-refractivity contribution >= 4 is 17.9 Å². The van der Waals surface area contributed by atoms with Gasteiger partial charge in [0.1, 0.15) is 12.1 Å². The number of likely N-dealkylation sites (tertiary alicyclic amines) is 1. The second-order valence-electron chi connectivity index (χ2n) is 9.00. The number of alkyl carbamates (subject to hydrolysis) is 1. The number of piperidine rings is 1. The summed E-state index contributed by atoms with van der Waals surface area (Å²) < 4.78 is 16.0. The van der Waals surface area contributed by atoms with E-state index >= 15 is 0 Å². The van der Waals surface area contributed by atoms with E-state index in [4.69, 9.17) is 14.2 Å². The van der Waals surface area contributed by atoms with Gasteiger partial charge in [0.15, 0.2) is 11.5 Å². The van der Waals surface area contributed by atoms with Crippen molar-refractivity contribution in [1.82, 2.24) is 15.5 Å². The monoisotopic (exact) mass is 463 g/mol. The molecule has 0 unspecified atom stereocenters. The highest BCUT2D eigenvalue weighted by molar-refractivity contribution is 5.82. The van der Waals surface area contributed by atoms with Crippen LogP contribution in [0.5, 0.6) is 11.5 Å². The Morgan fingerprint density at radius 2 is 1.82 bits per heavy atom. The van der Waals surface area contributed by atoms with E-state index in [0.717, 1.165) is 5.56 Å². The molecule has 0 atom stereocenters. The molecule has 0 saturated carbocycles. The van der Waals surface area contributed by atoms with E-state index in [9.17, 15) is 14.4 Å². The molecule has 9 nitrogen and oxygen atoms in total. The fourth-order valence-electron chi connectivity index (χ4n) is 3.55. The molecule has 33 heavy (non-hydrogen) atoms. The molecule has 1 aliphatic heterocycles. The lowest BCUT2D eigenvalue weighted by Gasteiger charge is -2.32. The SMILES string of the molecule is CCOc1ccc(CCC(=O)NC2CCN(C(=O)CNC(=O)OC(C)(C)C)CC2)cc1OC. The lowest BCUT2D eigenvalue weighted by molar-refractivity contribution is -0.131. The van der Waals surface area contributed by atoms with Gasteiger partial charge in [0, 0.05) is 25.6 Å². The third-order valence-corrected chi connectivity index (χ3v) is 5.16. The summed E-state index contributed by atoms with van der Waals surface area (Å²) in [6.45, 7) is 8.75. The van der Waals surface area contributed by atoms with Gasteiger partial charge in [-0.25, -0.2) is 4.79 Å². The second kappa shape index (κ2) is 12.3. The number of hydrogen-bond acceptors (Lipinski definition) is 6. The first-order chi connectivity index (χ1) is 15.6. The van der Waals surface area contributed by atoms with Crippen molar-refractivity contribution in [3.8, 4) is 11.5 Å². The van der Waals surface area contributed by atoms with Crippen LogP contribution in [0.4, 0.5) is 4.79 Å². The van der Waals surface area contributed by atoms with Gasteiger partial charge < -0.3 is 29.7 Å². The van der Waals surface area contributed by atoms with Crippen LogP contribution < -0.4 is 20.1 Å². The number of amides is 3. The molecule has 0 bridgehead atoms. The van der Waals surface area contributed by atoms with Crippen molar-refractivity contribution < 1.29 is 28.6 Å². The highest BCUT2D eigenvalue weighted by Crippen LogP contribution is 2.28. The summed E-state index contributed by atoms with van der Waals surface area (Å²) in [6, 6.07) is 5.74. The normalized spacial score (nSPS) is 14.4. The van der Waals surface area contributed by atoms with E-state index in [1.165, 1.54) is 0 Å². The smallest absolute Gasteiger partial charge is 0.408 e. The summed E-state index contributed by atoms with van der Waals surface area (Å²) in [6.07, 6.45) is 1.73. The van der Waals surface area contributed by atoms with E-state index in [1.807, 2.05) is 25.1 Å². The van der Waals surface area contributed by atoms with Gasteiger partial charge in [0.25, 0.3) is 0 Å². The average molecular weight is 464 g/mol. The molecule has 3 amide bonds. The number of carbonyl (C=O) groups is 3. The molecular weight excluding hydrogens is 426 g/mol. The third kappa shape index (κ3) is 9.19. The molecule has 184 valence electrons. The van der Waals surface area contributed by atoms with Crippen LogP contribution in [0.1, 0.15) is 52.5 Å². The van der Waals surface area contributed by atoms with Gasteiger partial charge in [0.05, 0.1) is 13.7 Å². The maximum atomic E-state index is 12.4. The number of benzene rings is 1. The summed E-state index contributed by atoms with van der Waals surface area (Å²) in [5.41, 5.74) is 0.395. The van der Waals surface area contributed by atoms with Crippen molar-refractivity contribution in [2.45, 2.75) is 65.0 Å². The van der Waals surface area contributed by atoms with Crippen LogP contribution in [0.3, 0.4) is 0 Å². The Morgan fingerprint density at radius 3 is 2.42 bits per heavy atom. The minimum absolute atomic E-state index is 0.0146. The summed E-state index contributed by atoms with van der Waals surface area (Å²) >= 11 is 0. The van der Waals surface area contributed by atoms with E-state index in [2.05, 4.69) is 10.6 Å². The van der Waals surface area contributed by atoms with E-state index in [0.29, 0.717) is 56.9 Å². The molecule has 0 spiro atoms. The van der Waals surface area contributed by atoms with Crippen molar-refractivity contribution in [2.24, 2.45) is 0 Å². The first-order valence-corrected chi connectivity index (χ1v) is 11.4. The first kappa shape index (κ1) is 26.3. The molecule has 1 aromatic carbocycles. The summed E-state index contributed by atoms with van der Waals surface area (Å²) in [7, 11) is 1.60. The van der Waals surface area contributed by atoms with Crippen molar-refractivity contribution in [3.63, 3.8) is 0 Å². The predicted molar refractivity (Wildman–Crippen MR) is 124 cm³/mol. The number of aryl methyl sites for hydroxylation is 1. The van der Waals surface area contributed by atoms with Crippen LogP contribution in [0.15, 0.2) is 18.2 Å². The van der Waals surface area contributed by atoms with E-state index in [1.54, 1.807) is 32.8 Å². The largest absolute Gasteiger partial charge is 0.493 e. The molecule has 9 heteroatoms. The summed E-state index contributed by atoms with van der Waals surface area (Å²) in [4.78, 5) is 38.1. The minimum Gasteiger partial charge on any atom is -0.493 e. The van der Waals surface area contributed by atoms with Crippen molar-refractivity contribution in [2.75, 3.05) is 33.4 Å². The third-order valence-electron chi connectivity index (χ3n) is 5.16. The van der Waals surface area contributed by atoms with Crippen molar-refractivity contribution in [1.29, 1.82) is 0 Å². The van der Waals surface area contributed by atoms with E-state index in [-0.39, 0.29) is 24.4 Å². The molecule has 0 aromatic heterocycles. The molecule has 0 radical (unpaired) electrons. The first-order valence-electron chi connectivity index (χ1n) is 11.4. The fraction of sp³-hybridized carbons (Fsp3) is 0.625. The topological polar surface area (TPSA) is 106 Å². The molecule has 1 aromatic rings. The predicted octanol–water partition coefficient (Wildman–Crippen LogP) is 2.66. The number of ether oxygens (including phenoxy) is 3. The maximum Gasteiger partial charge on any atom is 0.408 e. The van der Waals surface area contributed by atoms with Crippen molar-refractivity contribution in [3.05, 3.63) is 23.8 Å². The van der Waals surface area contributed by atoms with E-state index < -0.39 is 11.7 Å². The van der Waals surface area contributed by atoms with Crippen LogP contribution in [-0.2, 0) is 20.7 Å². The number of nitrogens with one attached hydrogen (secondary N) is 2. The van der Waals surface area contributed by atoms with Gasteiger partial charge in [-0.15, -0.1) is 0 Å². The maximum absolute atomic E-state index is 12.4. The van der Waals surface area contributed by atoms with Crippen LogP contribution in [0, 0.1) is 0 Å². The molecule has 2 rings (SSSR count). The second-order valence-corrected chi connectivity index (χ2v) is 9.00. The van der Waals surface area contributed by atoms with Crippen LogP contribution in [0.25, 0.3) is 0 Å². The zero-order chi connectivity index (χ0) is 24.4. The van der Waals surface area contributed by atoms with Crippen LogP contribution in [0.2, 0.25) is 0 Å². The summed E-state index contributed by atoms with van der Waals surface area (Å²) in [5.74, 6) is 1.18. The van der Waals surface area contributed by atoms with Crippen LogP contribution >= 0.6 is 0 Å². The number of nitrogens with zero attached hydrogens (tertiary/aromatic N) is 1. The van der Waals surface area contributed by atoms with Gasteiger partial charge in [-0.3, -0.25) is 9.59 Å².